The predicted molar refractivity (Wildman–Crippen MR) is 153 cm³/mol. The fourth-order valence-corrected chi connectivity index (χ4v) is 5.05. The number of carbonyl (C=O) groups is 1. The van der Waals surface area contributed by atoms with Crippen molar-refractivity contribution in [2.75, 3.05) is 39.5 Å². The van der Waals surface area contributed by atoms with E-state index in [0.29, 0.717) is 26.3 Å². The molecule has 3 aromatic rings. The summed E-state index contributed by atoms with van der Waals surface area (Å²) in [5, 5.41) is 9.92. The average molecular weight is 586 g/mol. The Bertz CT molecular complexity index is 1270. The van der Waals surface area contributed by atoms with Gasteiger partial charge in [-0.05, 0) is 53.8 Å². The lowest BCUT2D eigenvalue weighted by Gasteiger charge is -2.41. The number of esters is 1. The number of hydrogen-bond acceptors (Lipinski definition) is 7. The van der Waals surface area contributed by atoms with Gasteiger partial charge in [-0.25, -0.2) is 0 Å². The molecule has 1 saturated heterocycles. The number of hydrogen-bond donors (Lipinski definition) is 1. The topological polar surface area (TPSA) is 75.1 Å². The number of ether oxygens (including phenoxy) is 2. The molecular formula is C32H38F3N3O4. The molecular weight excluding hydrogens is 547 g/mol. The summed E-state index contributed by atoms with van der Waals surface area (Å²) in [5.74, 6) is -0.242. The molecule has 2 atom stereocenters. The standard InChI is InChI=1S/C32H38F3N3O4/c1-3-41-18-19-42-30(39)20-29-23-37(16-17-38(29)22-25-12-14-36-15-13-25)21-24-4-6-26(7-5-24)27-8-10-28(11-9-27)31(2,40)32(33,34)35/h4-15,29,40H,3,16-23H2,1-2H3. The van der Waals surface area contributed by atoms with Gasteiger partial charge in [0.2, 0.25) is 0 Å². The molecule has 2 unspecified atom stereocenters. The highest BCUT2D eigenvalue weighted by atomic mass is 19.4. The van der Waals surface area contributed by atoms with Crippen molar-refractivity contribution >= 4 is 5.97 Å². The van der Waals surface area contributed by atoms with Gasteiger partial charge in [-0.1, -0.05) is 48.5 Å². The molecule has 7 nitrogen and oxygen atoms in total. The molecule has 0 bridgehead atoms. The Kier molecular flexibility index (Phi) is 10.7. The summed E-state index contributed by atoms with van der Waals surface area (Å²) >= 11 is 0. The van der Waals surface area contributed by atoms with Crippen LogP contribution < -0.4 is 0 Å². The maximum Gasteiger partial charge on any atom is 0.421 e. The molecule has 2 heterocycles. The molecule has 42 heavy (non-hydrogen) atoms. The first-order chi connectivity index (χ1) is 20.1. The van der Waals surface area contributed by atoms with Crippen LogP contribution in [0.5, 0.6) is 0 Å². The highest BCUT2D eigenvalue weighted by Crippen LogP contribution is 2.39. The van der Waals surface area contributed by atoms with Gasteiger partial charge in [-0.2, -0.15) is 13.2 Å². The molecule has 4 rings (SSSR count). The molecule has 1 aromatic heterocycles. The first-order valence-electron chi connectivity index (χ1n) is 14.1. The van der Waals surface area contributed by atoms with Gasteiger partial charge in [0, 0.05) is 57.8 Å². The van der Waals surface area contributed by atoms with Crippen molar-refractivity contribution in [3.8, 4) is 11.1 Å². The first-order valence-corrected chi connectivity index (χ1v) is 14.1. The zero-order valence-corrected chi connectivity index (χ0v) is 24.0. The van der Waals surface area contributed by atoms with Crippen molar-refractivity contribution in [3.63, 3.8) is 0 Å². The van der Waals surface area contributed by atoms with Gasteiger partial charge in [0.1, 0.15) is 6.61 Å². The number of alkyl halides is 3. The van der Waals surface area contributed by atoms with Gasteiger partial charge in [-0.15, -0.1) is 0 Å². The quantitative estimate of drug-likeness (QED) is 0.232. The van der Waals surface area contributed by atoms with Gasteiger partial charge in [-0.3, -0.25) is 19.6 Å². The molecule has 1 fully saturated rings. The van der Waals surface area contributed by atoms with E-state index >= 15 is 0 Å². The normalized spacial score (nSPS) is 18.0. The summed E-state index contributed by atoms with van der Waals surface area (Å²) in [7, 11) is 0. The molecule has 0 saturated carbocycles. The van der Waals surface area contributed by atoms with E-state index in [4.69, 9.17) is 9.47 Å². The summed E-state index contributed by atoms with van der Waals surface area (Å²) in [6, 6.07) is 17.7. The number of aromatic nitrogens is 1. The lowest BCUT2D eigenvalue weighted by atomic mass is 9.93. The van der Waals surface area contributed by atoms with Crippen molar-refractivity contribution in [1.29, 1.82) is 0 Å². The van der Waals surface area contributed by atoms with Crippen molar-refractivity contribution < 1.29 is 32.5 Å². The second-order valence-corrected chi connectivity index (χ2v) is 10.7. The molecule has 1 aliphatic heterocycles. The predicted octanol–water partition coefficient (Wildman–Crippen LogP) is 5.17. The van der Waals surface area contributed by atoms with Gasteiger partial charge >= 0.3 is 12.1 Å². The Morgan fingerprint density at radius 1 is 0.929 bits per heavy atom. The van der Waals surface area contributed by atoms with Crippen LogP contribution >= 0.6 is 0 Å². The van der Waals surface area contributed by atoms with E-state index in [2.05, 4.69) is 14.8 Å². The molecule has 0 amide bonds. The Morgan fingerprint density at radius 3 is 2.17 bits per heavy atom. The minimum absolute atomic E-state index is 0.0156. The minimum atomic E-state index is -4.76. The third-order valence-electron chi connectivity index (χ3n) is 7.61. The van der Waals surface area contributed by atoms with E-state index in [-0.39, 0.29) is 30.6 Å². The molecule has 10 heteroatoms. The van der Waals surface area contributed by atoms with Gasteiger partial charge in [0.15, 0.2) is 5.60 Å². The summed E-state index contributed by atoms with van der Waals surface area (Å²) in [6.07, 6.45) is -0.938. The second-order valence-electron chi connectivity index (χ2n) is 10.7. The maximum atomic E-state index is 13.2. The van der Waals surface area contributed by atoms with Crippen molar-refractivity contribution in [1.82, 2.24) is 14.8 Å². The van der Waals surface area contributed by atoms with Crippen molar-refractivity contribution in [3.05, 3.63) is 89.7 Å². The lowest BCUT2D eigenvalue weighted by Crippen LogP contribution is -2.53. The smallest absolute Gasteiger partial charge is 0.421 e. The number of aliphatic hydroxyl groups is 1. The monoisotopic (exact) mass is 585 g/mol. The number of rotatable bonds is 12. The van der Waals surface area contributed by atoms with E-state index in [0.717, 1.165) is 48.8 Å². The molecule has 2 aromatic carbocycles. The highest BCUT2D eigenvalue weighted by Gasteiger charge is 2.51. The van der Waals surface area contributed by atoms with Crippen LogP contribution in [0.25, 0.3) is 11.1 Å². The zero-order valence-electron chi connectivity index (χ0n) is 24.0. The van der Waals surface area contributed by atoms with Crippen LogP contribution in [0.15, 0.2) is 73.1 Å². The van der Waals surface area contributed by atoms with Crippen molar-refractivity contribution in [2.24, 2.45) is 0 Å². The van der Waals surface area contributed by atoms with Crippen molar-refractivity contribution in [2.45, 2.75) is 51.2 Å². The van der Waals surface area contributed by atoms with E-state index in [1.165, 1.54) is 12.1 Å². The number of halogens is 3. The van der Waals surface area contributed by atoms with Crippen LogP contribution in [-0.2, 0) is 33.0 Å². The highest BCUT2D eigenvalue weighted by molar-refractivity contribution is 5.70. The van der Waals surface area contributed by atoms with Crippen LogP contribution in [0.3, 0.4) is 0 Å². The van der Waals surface area contributed by atoms with Gasteiger partial charge in [0.25, 0.3) is 0 Å². The van der Waals surface area contributed by atoms with E-state index < -0.39 is 11.8 Å². The third-order valence-corrected chi connectivity index (χ3v) is 7.61. The Hall–Kier alpha value is -3.31. The molecule has 226 valence electrons. The van der Waals surface area contributed by atoms with Crippen LogP contribution in [0.4, 0.5) is 13.2 Å². The Labute approximate surface area is 244 Å². The zero-order chi connectivity index (χ0) is 30.2. The third kappa shape index (κ3) is 8.38. The molecule has 0 radical (unpaired) electrons. The summed E-state index contributed by atoms with van der Waals surface area (Å²) < 4.78 is 50.2. The Morgan fingerprint density at radius 2 is 1.55 bits per heavy atom. The summed E-state index contributed by atoms with van der Waals surface area (Å²) in [5.41, 5.74) is 0.749. The minimum Gasteiger partial charge on any atom is -0.463 e. The van der Waals surface area contributed by atoms with E-state index in [9.17, 15) is 23.1 Å². The van der Waals surface area contributed by atoms with Crippen LogP contribution in [0.1, 0.15) is 37.0 Å². The van der Waals surface area contributed by atoms with E-state index in [1.807, 2.05) is 43.3 Å². The lowest BCUT2D eigenvalue weighted by molar-refractivity contribution is -0.258. The van der Waals surface area contributed by atoms with E-state index in [1.54, 1.807) is 24.5 Å². The van der Waals surface area contributed by atoms with Crippen LogP contribution in [0.2, 0.25) is 0 Å². The number of carbonyl (C=O) groups excluding carboxylic acids is 1. The number of benzene rings is 2. The fourth-order valence-electron chi connectivity index (χ4n) is 5.05. The summed E-state index contributed by atoms with van der Waals surface area (Å²) in [6.45, 7) is 7.61. The largest absolute Gasteiger partial charge is 0.463 e. The SMILES string of the molecule is CCOCCOC(=O)CC1CN(Cc2ccc(-c3ccc(C(C)(O)C(F)(F)F)cc3)cc2)CCN1Cc1ccncc1. The average Bonchev–Trinajstić information content (AvgIpc) is 2.97. The molecule has 1 N–H and O–H groups in total. The van der Waals surface area contributed by atoms with Crippen LogP contribution in [0, 0.1) is 0 Å². The molecule has 0 spiro atoms. The molecule has 1 aliphatic rings. The van der Waals surface area contributed by atoms with Gasteiger partial charge in [0.05, 0.1) is 13.0 Å². The van der Waals surface area contributed by atoms with Crippen LogP contribution in [-0.4, -0.2) is 77.5 Å². The molecule has 0 aliphatic carbocycles. The number of pyridine rings is 1. The first kappa shape index (κ1) is 31.6. The summed E-state index contributed by atoms with van der Waals surface area (Å²) in [4.78, 5) is 21.4. The van der Waals surface area contributed by atoms with Gasteiger partial charge < -0.3 is 14.6 Å². The Balaban J connectivity index is 1.39. The fraction of sp³-hybridized carbons (Fsp3) is 0.438. The number of nitrogens with zero attached hydrogens (tertiary/aromatic N) is 3. The maximum absolute atomic E-state index is 13.2. The second kappa shape index (κ2) is 14.2. The number of piperazine rings is 1.